The Morgan fingerprint density at radius 3 is 2.84 bits per heavy atom. The van der Waals surface area contributed by atoms with E-state index in [1.807, 2.05) is 0 Å². The van der Waals surface area contributed by atoms with Crippen LogP contribution in [0.3, 0.4) is 0 Å². The van der Waals surface area contributed by atoms with E-state index in [4.69, 9.17) is 4.74 Å². The largest absolute Gasteiger partial charge is 0.496 e. The molecule has 2 rings (SSSR count). The van der Waals surface area contributed by atoms with Gasteiger partial charge in [-0.3, -0.25) is 9.59 Å². The molecule has 1 heterocycles. The zero-order valence-corrected chi connectivity index (χ0v) is 11.8. The van der Waals surface area contributed by atoms with Gasteiger partial charge in [-0.15, -0.1) is 0 Å². The van der Waals surface area contributed by atoms with Gasteiger partial charge in [0.2, 0.25) is 0 Å². The molecule has 0 radical (unpaired) electrons. The van der Waals surface area contributed by atoms with Crippen LogP contribution < -0.4 is 10.3 Å². The van der Waals surface area contributed by atoms with Gasteiger partial charge in [-0.25, -0.2) is 4.68 Å². The van der Waals surface area contributed by atoms with Crippen molar-refractivity contribution in [3.8, 4) is 5.75 Å². The van der Waals surface area contributed by atoms with E-state index in [1.54, 1.807) is 25.3 Å². The fourth-order valence-corrected chi connectivity index (χ4v) is 2.11. The highest BCUT2D eigenvalue weighted by atomic mass is 79.9. The number of benzene rings is 1. The minimum absolute atomic E-state index is 0.0849. The Morgan fingerprint density at radius 2 is 2.21 bits per heavy atom. The smallest absolute Gasteiger partial charge is 0.267 e. The van der Waals surface area contributed by atoms with Gasteiger partial charge >= 0.3 is 0 Å². The highest BCUT2D eigenvalue weighted by Crippen LogP contribution is 2.25. The van der Waals surface area contributed by atoms with Crippen LogP contribution in [0.25, 0.3) is 0 Å². The molecule has 0 N–H and O–H groups in total. The summed E-state index contributed by atoms with van der Waals surface area (Å²) >= 11 is 3.31. The molecule has 0 unspecified atom stereocenters. The Hall–Kier alpha value is -1.95. The number of nitrogens with zero attached hydrogens (tertiary/aromatic N) is 2. The lowest BCUT2D eigenvalue weighted by Gasteiger charge is -2.06. The summed E-state index contributed by atoms with van der Waals surface area (Å²) in [5, 5.41) is 3.85. The third-order valence-electron chi connectivity index (χ3n) is 2.55. The normalized spacial score (nSPS) is 10.2. The lowest BCUT2D eigenvalue weighted by Crippen LogP contribution is -2.25. The molecule has 0 saturated heterocycles. The second-order valence-electron chi connectivity index (χ2n) is 3.79. The quantitative estimate of drug-likeness (QED) is 0.806. The van der Waals surface area contributed by atoms with E-state index < -0.39 is 0 Å². The van der Waals surface area contributed by atoms with E-state index in [2.05, 4.69) is 21.0 Å². The SMILES string of the molecule is COc1ccc(C(=O)Cn2ncccc2=O)cc1Br. The lowest BCUT2D eigenvalue weighted by molar-refractivity contribution is 0.0965. The predicted octanol–water partition coefficient (Wildman–Crippen LogP) is 1.90. The van der Waals surface area contributed by atoms with Crippen LogP contribution in [0.15, 0.2) is 45.8 Å². The maximum absolute atomic E-state index is 12.1. The van der Waals surface area contributed by atoms with E-state index in [1.165, 1.54) is 18.3 Å². The second-order valence-corrected chi connectivity index (χ2v) is 4.65. The minimum atomic E-state index is -0.302. The number of hydrogen-bond donors (Lipinski definition) is 0. The Labute approximate surface area is 118 Å². The maximum atomic E-state index is 12.1. The van der Waals surface area contributed by atoms with Gasteiger partial charge < -0.3 is 4.74 Å². The molecule has 2 aromatic rings. The minimum Gasteiger partial charge on any atom is -0.496 e. The molecule has 0 atom stereocenters. The summed E-state index contributed by atoms with van der Waals surface area (Å²) in [7, 11) is 1.55. The Morgan fingerprint density at radius 1 is 1.42 bits per heavy atom. The fraction of sp³-hybridized carbons (Fsp3) is 0.154. The summed E-state index contributed by atoms with van der Waals surface area (Å²) in [5.41, 5.74) is 0.189. The number of ether oxygens (including phenoxy) is 1. The van der Waals surface area contributed by atoms with Crippen molar-refractivity contribution in [2.75, 3.05) is 7.11 Å². The van der Waals surface area contributed by atoms with E-state index in [-0.39, 0.29) is 17.9 Å². The first kappa shape index (κ1) is 13.5. The lowest BCUT2D eigenvalue weighted by atomic mass is 10.1. The van der Waals surface area contributed by atoms with Crippen molar-refractivity contribution in [3.63, 3.8) is 0 Å². The number of Topliss-reactive ketones (excluding diaryl/α,β-unsaturated/α-hetero) is 1. The van der Waals surface area contributed by atoms with Crippen molar-refractivity contribution in [3.05, 3.63) is 56.9 Å². The van der Waals surface area contributed by atoms with E-state index in [9.17, 15) is 9.59 Å². The number of methoxy groups -OCH3 is 1. The van der Waals surface area contributed by atoms with Gasteiger partial charge in [-0.05, 0) is 40.2 Å². The van der Waals surface area contributed by atoms with Crippen LogP contribution in [0.1, 0.15) is 10.4 Å². The average Bonchev–Trinajstić information content (AvgIpc) is 2.41. The summed E-state index contributed by atoms with van der Waals surface area (Å²) in [4.78, 5) is 23.5. The number of aromatic nitrogens is 2. The zero-order chi connectivity index (χ0) is 13.8. The van der Waals surface area contributed by atoms with Gasteiger partial charge in [0.05, 0.1) is 11.6 Å². The molecule has 1 aromatic heterocycles. The standard InChI is InChI=1S/C13H11BrN2O3/c1-19-12-5-4-9(7-10(12)14)11(17)8-16-13(18)3-2-6-15-16/h2-7H,8H2,1H3. The monoisotopic (exact) mass is 322 g/mol. The third kappa shape index (κ3) is 3.08. The number of halogens is 1. The number of carbonyl (C=O) groups is 1. The number of rotatable bonds is 4. The van der Waals surface area contributed by atoms with Gasteiger partial charge in [0.1, 0.15) is 12.3 Å². The first-order valence-electron chi connectivity index (χ1n) is 5.50. The Balaban J connectivity index is 2.23. The first-order chi connectivity index (χ1) is 9.11. The molecule has 0 bridgehead atoms. The Kier molecular flexibility index (Phi) is 4.11. The van der Waals surface area contributed by atoms with E-state index >= 15 is 0 Å². The van der Waals surface area contributed by atoms with Crippen LogP contribution in [-0.2, 0) is 6.54 Å². The molecule has 0 amide bonds. The summed E-state index contributed by atoms with van der Waals surface area (Å²) in [6, 6.07) is 7.91. The highest BCUT2D eigenvalue weighted by Gasteiger charge is 2.10. The van der Waals surface area contributed by atoms with Crippen LogP contribution in [0.2, 0.25) is 0 Å². The summed E-state index contributed by atoms with van der Waals surface area (Å²) < 4.78 is 6.91. The first-order valence-corrected chi connectivity index (χ1v) is 6.30. The Bertz CT molecular complexity index is 667. The number of ketones is 1. The zero-order valence-electron chi connectivity index (χ0n) is 10.2. The van der Waals surface area contributed by atoms with Gasteiger partial charge in [0.15, 0.2) is 5.78 Å². The van der Waals surface area contributed by atoms with Gasteiger partial charge in [0, 0.05) is 17.8 Å². The molecule has 1 aromatic carbocycles. The van der Waals surface area contributed by atoms with Crippen LogP contribution in [0.4, 0.5) is 0 Å². The number of hydrogen-bond acceptors (Lipinski definition) is 4. The molecule has 19 heavy (non-hydrogen) atoms. The third-order valence-corrected chi connectivity index (χ3v) is 3.17. The molecule has 0 spiro atoms. The van der Waals surface area contributed by atoms with Crippen molar-refractivity contribution in [1.82, 2.24) is 9.78 Å². The summed E-state index contributed by atoms with van der Waals surface area (Å²) in [6.07, 6.45) is 1.47. The highest BCUT2D eigenvalue weighted by molar-refractivity contribution is 9.10. The molecular weight excluding hydrogens is 312 g/mol. The molecule has 98 valence electrons. The van der Waals surface area contributed by atoms with Crippen molar-refractivity contribution < 1.29 is 9.53 Å². The molecule has 6 heteroatoms. The molecule has 0 fully saturated rings. The fourth-order valence-electron chi connectivity index (χ4n) is 1.57. The van der Waals surface area contributed by atoms with Crippen molar-refractivity contribution in [1.29, 1.82) is 0 Å². The van der Waals surface area contributed by atoms with E-state index in [0.29, 0.717) is 15.8 Å². The van der Waals surface area contributed by atoms with Gasteiger partial charge in [-0.1, -0.05) is 0 Å². The van der Waals surface area contributed by atoms with Crippen molar-refractivity contribution >= 4 is 21.7 Å². The number of carbonyl (C=O) groups excluding carboxylic acids is 1. The van der Waals surface area contributed by atoms with Crippen LogP contribution >= 0.6 is 15.9 Å². The van der Waals surface area contributed by atoms with Crippen molar-refractivity contribution in [2.24, 2.45) is 0 Å². The maximum Gasteiger partial charge on any atom is 0.267 e. The summed E-state index contributed by atoms with van der Waals surface area (Å²) in [5.74, 6) is 0.454. The molecule has 5 nitrogen and oxygen atoms in total. The average molecular weight is 323 g/mol. The van der Waals surface area contributed by atoms with E-state index in [0.717, 1.165) is 4.68 Å². The summed E-state index contributed by atoms with van der Waals surface area (Å²) in [6.45, 7) is -0.0849. The predicted molar refractivity (Wildman–Crippen MR) is 73.5 cm³/mol. The van der Waals surface area contributed by atoms with Crippen LogP contribution in [-0.4, -0.2) is 22.7 Å². The van der Waals surface area contributed by atoms with Crippen LogP contribution in [0.5, 0.6) is 5.75 Å². The molecule has 0 aliphatic carbocycles. The van der Waals surface area contributed by atoms with Crippen LogP contribution in [0, 0.1) is 0 Å². The molecule has 0 aliphatic heterocycles. The van der Waals surface area contributed by atoms with Gasteiger partial charge in [-0.2, -0.15) is 5.10 Å². The van der Waals surface area contributed by atoms with Gasteiger partial charge in [0.25, 0.3) is 5.56 Å². The second kappa shape index (κ2) is 5.79. The van der Waals surface area contributed by atoms with Crippen molar-refractivity contribution in [2.45, 2.75) is 6.54 Å². The molecule has 0 aliphatic rings. The topological polar surface area (TPSA) is 61.2 Å². The molecule has 0 saturated carbocycles. The molecular formula is C13H11BrN2O3.